The van der Waals surface area contributed by atoms with Crippen molar-refractivity contribution in [3.63, 3.8) is 0 Å². The Balaban J connectivity index is -0.000000201. The first-order valence-corrected chi connectivity index (χ1v) is 9.58. The van der Waals surface area contributed by atoms with Crippen molar-refractivity contribution in [2.75, 3.05) is 27.3 Å². The van der Waals surface area contributed by atoms with Crippen LogP contribution in [-0.4, -0.2) is 50.6 Å². The third-order valence-corrected chi connectivity index (χ3v) is 3.31. The number of terminal acetylenes is 1. The molecule has 2 unspecified atom stereocenters. The zero-order chi connectivity index (χ0) is 22.4. The molecule has 27 heavy (non-hydrogen) atoms. The number of methoxy groups -OCH3 is 1. The number of nitrogens with zero attached hydrogens (tertiary/aromatic N) is 1. The maximum atomic E-state index is 11.8. The Morgan fingerprint density at radius 3 is 2.00 bits per heavy atom. The van der Waals surface area contributed by atoms with E-state index in [4.69, 9.17) is 0 Å². The predicted octanol–water partition coefficient (Wildman–Crippen LogP) is 4.14. The highest BCUT2D eigenvalue weighted by Crippen LogP contribution is 2.27. The van der Waals surface area contributed by atoms with Gasteiger partial charge in [0.1, 0.15) is 0 Å². The molecule has 160 valence electrons. The lowest BCUT2D eigenvalue weighted by molar-refractivity contribution is -0.132. The summed E-state index contributed by atoms with van der Waals surface area (Å²) in [5.74, 6) is 1.16. The molecule has 2 amide bonds. The standard InChI is InChI=1S/C12H20N2O2.C4H10.C2H6O.C2H6.C2H2/c1-9(2)10(3)11-5-4-6-14(11)12(16)7-13-8-15;1-4(2)3;1-3-2;2*1-2/h8,10-11H,1,4-7H2,2-3H3,(H,13,15);4H,1-3H3;1-2H3;1-2H3;1-2H. The van der Waals surface area contributed by atoms with E-state index < -0.39 is 0 Å². The number of ether oxygens (including phenoxy) is 1. The second kappa shape index (κ2) is 24.2. The summed E-state index contributed by atoms with van der Waals surface area (Å²) in [6.07, 6.45) is 10.6. The lowest BCUT2D eigenvalue weighted by Crippen LogP contribution is -2.43. The van der Waals surface area contributed by atoms with Crippen LogP contribution in [0.25, 0.3) is 0 Å². The van der Waals surface area contributed by atoms with E-state index in [1.807, 2.05) is 25.7 Å². The smallest absolute Gasteiger partial charge is 0.242 e. The van der Waals surface area contributed by atoms with Crippen LogP contribution in [0.1, 0.15) is 61.3 Å². The van der Waals surface area contributed by atoms with E-state index in [1.165, 1.54) is 0 Å². The van der Waals surface area contributed by atoms with Gasteiger partial charge in [-0.2, -0.15) is 0 Å². The van der Waals surface area contributed by atoms with Crippen LogP contribution in [-0.2, 0) is 14.3 Å². The molecular formula is C22H44N2O3. The summed E-state index contributed by atoms with van der Waals surface area (Å²) in [7, 11) is 3.25. The van der Waals surface area contributed by atoms with Gasteiger partial charge in [0.15, 0.2) is 0 Å². The summed E-state index contributed by atoms with van der Waals surface area (Å²) in [5, 5.41) is 2.42. The van der Waals surface area contributed by atoms with Gasteiger partial charge in [0.25, 0.3) is 0 Å². The van der Waals surface area contributed by atoms with E-state index in [-0.39, 0.29) is 18.5 Å². The molecule has 0 aromatic carbocycles. The highest BCUT2D eigenvalue weighted by Gasteiger charge is 2.32. The molecule has 0 radical (unpaired) electrons. The van der Waals surface area contributed by atoms with E-state index in [0.29, 0.717) is 12.3 Å². The Morgan fingerprint density at radius 2 is 1.67 bits per heavy atom. The predicted molar refractivity (Wildman–Crippen MR) is 117 cm³/mol. The molecule has 1 aliphatic heterocycles. The minimum Gasteiger partial charge on any atom is -0.388 e. The van der Waals surface area contributed by atoms with Gasteiger partial charge < -0.3 is 15.0 Å². The first-order valence-electron chi connectivity index (χ1n) is 9.58. The Hall–Kier alpha value is -1.80. The third kappa shape index (κ3) is 20.4. The molecule has 1 rings (SSSR count). The molecule has 1 aliphatic rings. The number of hydrogen-bond donors (Lipinski definition) is 1. The summed E-state index contributed by atoms with van der Waals surface area (Å²) in [4.78, 5) is 23.8. The van der Waals surface area contributed by atoms with Gasteiger partial charge in [0.05, 0.1) is 6.54 Å². The van der Waals surface area contributed by atoms with Gasteiger partial charge in [-0.05, 0) is 31.6 Å². The topological polar surface area (TPSA) is 58.6 Å². The number of hydrogen-bond acceptors (Lipinski definition) is 3. The second-order valence-corrected chi connectivity index (χ2v) is 6.57. The lowest BCUT2D eigenvalue weighted by Gasteiger charge is -2.30. The Kier molecular flexibility index (Phi) is 29.4. The van der Waals surface area contributed by atoms with Crippen molar-refractivity contribution in [1.82, 2.24) is 10.2 Å². The van der Waals surface area contributed by atoms with Gasteiger partial charge >= 0.3 is 0 Å². The minimum atomic E-state index is 0.00250. The van der Waals surface area contributed by atoms with Gasteiger partial charge in [-0.3, -0.25) is 9.59 Å². The SMILES string of the molecule is C#C.C=C(C)C(C)C1CCCN1C(=O)CNC=O.CC.CC(C)C.COC. The van der Waals surface area contributed by atoms with Crippen molar-refractivity contribution in [3.8, 4) is 12.8 Å². The number of carbonyl (C=O) groups is 2. The van der Waals surface area contributed by atoms with Gasteiger partial charge in [0.2, 0.25) is 12.3 Å². The van der Waals surface area contributed by atoms with E-state index in [0.717, 1.165) is 30.9 Å². The summed E-state index contributed by atoms with van der Waals surface area (Å²) in [5.41, 5.74) is 1.10. The summed E-state index contributed by atoms with van der Waals surface area (Å²) in [6, 6.07) is 0.249. The second-order valence-electron chi connectivity index (χ2n) is 6.57. The molecule has 0 aliphatic carbocycles. The van der Waals surface area contributed by atoms with E-state index in [1.54, 1.807) is 14.2 Å². The fourth-order valence-electron chi connectivity index (χ4n) is 2.18. The van der Waals surface area contributed by atoms with Crippen LogP contribution in [0, 0.1) is 24.7 Å². The number of nitrogens with one attached hydrogen (secondary N) is 1. The molecule has 0 aromatic heterocycles. The molecular weight excluding hydrogens is 340 g/mol. The third-order valence-electron chi connectivity index (χ3n) is 3.31. The quantitative estimate of drug-likeness (QED) is 0.440. The molecule has 0 aromatic rings. The molecule has 2 atom stereocenters. The zero-order valence-corrected chi connectivity index (χ0v) is 19.2. The fourth-order valence-corrected chi connectivity index (χ4v) is 2.18. The summed E-state index contributed by atoms with van der Waals surface area (Å²) in [6.45, 7) is 19.4. The average molecular weight is 385 g/mol. The van der Waals surface area contributed by atoms with Gasteiger partial charge in [0, 0.05) is 26.8 Å². The van der Waals surface area contributed by atoms with Crippen molar-refractivity contribution in [2.24, 2.45) is 11.8 Å². The Labute approximate surface area is 168 Å². The van der Waals surface area contributed by atoms with Crippen LogP contribution in [0.2, 0.25) is 0 Å². The molecule has 5 nitrogen and oxygen atoms in total. The number of rotatable bonds is 5. The summed E-state index contributed by atoms with van der Waals surface area (Å²) >= 11 is 0. The highest BCUT2D eigenvalue weighted by atomic mass is 16.4. The van der Waals surface area contributed by atoms with E-state index in [2.05, 4.69) is 57.2 Å². The zero-order valence-electron chi connectivity index (χ0n) is 19.2. The van der Waals surface area contributed by atoms with Crippen molar-refractivity contribution in [2.45, 2.75) is 67.3 Å². The highest BCUT2D eigenvalue weighted by molar-refractivity contribution is 5.80. The minimum absolute atomic E-state index is 0.00250. The number of likely N-dealkylation sites (tertiary alicyclic amines) is 1. The molecule has 1 heterocycles. The Bertz CT molecular complexity index is 376. The van der Waals surface area contributed by atoms with Gasteiger partial charge in [-0.25, -0.2) is 0 Å². The van der Waals surface area contributed by atoms with Crippen molar-refractivity contribution < 1.29 is 14.3 Å². The molecule has 1 N–H and O–H groups in total. The molecule has 1 fully saturated rings. The van der Waals surface area contributed by atoms with Crippen LogP contribution < -0.4 is 5.32 Å². The summed E-state index contributed by atoms with van der Waals surface area (Å²) < 4.78 is 4.25. The van der Waals surface area contributed by atoms with Crippen LogP contribution in [0.4, 0.5) is 0 Å². The average Bonchev–Trinajstić information content (AvgIpc) is 3.12. The first kappa shape index (κ1) is 32.8. The Morgan fingerprint density at radius 1 is 1.26 bits per heavy atom. The van der Waals surface area contributed by atoms with Crippen molar-refractivity contribution >= 4 is 12.3 Å². The van der Waals surface area contributed by atoms with Crippen LogP contribution in [0.3, 0.4) is 0 Å². The molecule has 0 spiro atoms. The first-order chi connectivity index (χ1) is 12.7. The molecule has 0 saturated carbocycles. The number of carbonyl (C=O) groups excluding carboxylic acids is 2. The number of amides is 2. The molecule has 5 heteroatoms. The van der Waals surface area contributed by atoms with Crippen molar-refractivity contribution in [1.29, 1.82) is 0 Å². The largest absolute Gasteiger partial charge is 0.388 e. The van der Waals surface area contributed by atoms with Crippen LogP contribution >= 0.6 is 0 Å². The fraction of sp³-hybridized carbons (Fsp3) is 0.727. The maximum absolute atomic E-state index is 11.8. The molecule has 0 bridgehead atoms. The maximum Gasteiger partial charge on any atom is 0.242 e. The monoisotopic (exact) mass is 384 g/mol. The molecule has 1 saturated heterocycles. The normalized spacial score (nSPS) is 15.1. The van der Waals surface area contributed by atoms with Gasteiger partial charge in [-0.1, -0.05) is 53.7 Å². The lowest BCUT2D eigenvalue weighted by atomic mass is 9.93. The van der Waals surface area contributed by atoms with E-state index in [9.17, 15) is 9.59 Å². The van der Waals surface area contributed by atoms with Gasteiger partial charge in [-0.15, -0.1) is 12.8 Å². The van der Waals surface area contributed by atoms with Crippen molar-refractivity contribution in [3.05, 3.63) is 12.2 Å². The van der Waals surface area contributed by atoms with E-state index >= 15 is 0 Å². The van der Waals surface area contributed by atoms with Crippen LogP contribution in [0.15, 0.2) is 12.2 Å². The van der Waals surface area contributed by atoms with Crippen LogP contribution in [0.5, 0.6) is 0 Å².